The maximum Gasteiger partial charge on any atom is 0.418 e. The van der Waals surface area contributed by atoms with Gasteiger partial charge in [0.05, 0.1) is 11.3 Å². The maximum atomic E-state index is 14.2. The van der Waals surface area contributed by atoms with E-state index in [2.05, 4.69) is 14.7 Å². The minimum atomic E-state index is -4.79. The van der Waals surface area contributed by atoms with Crippen molar-refractivity contribution >= 4 is 21.7 Å². The van der Waals surface area contributed by atoms with Crippen LogP contribution in [0.1, 0.15) is 43.2 Å². The molecule has 7 nitrogen and oxygen atoms in total. The number of aliphatic hydroxyl groups excluding tert-OH is 1. The number of nitrogens with one attached hydrogen (secondary N) is 1. The Balaban J connectivity index is 1.82. The van der Waals surface area contributed by atoms with Crippen molar-refractivity contribution in [3.8, 4) is 11.3 Å². The van der Waals surface area contributed by atoms with Gasteiger partial charge in [0.15, 0.2) is 5.03 Å². The van der Waals surface area contributed by atoms with Crippen LogP contribution in [0.4, 0.5) is 29.2 Å². The normalized spacial score (nSPS) is 16.0. The van der Waals surface area contributed by atoms with Gasteiger partial charge in [-0.05, 0) is 74.1 Å². The molecule has 0 spiro atoms. The van der Waals surface area contributed by atoms with Gasteiger partial charge in [-0.25, -0.2) is 14.4 Å². The van der Waals surface area contributed by atoms with E-state index in [1.807, 2.05) is 4.90 Å². The van der Waals surface area contributed by atoms with Gasteiger partial charge in [-0.3, -0.25) is 4.72 Å². The number of halogens is 4. The summed E-state index contributed by atoms with van der Waals surface area (Å²) >= 11 is 0. The molecular formula is C26H28F4N4O3S. The molecule has 0 saturated heterocycles. The number of fused-ring (bicyclic) bond motifs is 6. The Hall–Kier alpha value is -3.25. The van der Waals surface area contributed by atoms with Crippen molar-refractivity contribution in [3.05, 3.63) is 65.5 Å². The molecule has 3 heterocycles. The van der Waals surface area contributed by atoms with E-state index >= 15 is 0 Å². The standard InChI is InChI=1S/C26H28F4N4O3S/c27-19-11-10-18-7-2-1-3-14-34(15-4-5-16-35)23-8-6-9-24(32-23)38(36,37)33-22-13-12-21(26(28,29)30)25(31-22)20(18)17-19/h6,8-13,17,35H,1-5,7,14-16H2,(H,31,33). The number of sulfonamides is 1. The number of aryl methyl sites for hydroxylation is 1. The van der Waals surface area contributed by atoms with Crippen LogP contribution < -0.4 is 9.62 Å². The second-order valence-electron chi connectivity index (χ2n) is 9.06. The van der Waals surface area contributed by atoms with Crippen molar-refractivity contribution in [2.24, 2.45) is 0 Å². The van der Waals surface area contributed by atoms with E-state index in [4.69, 9.17) is 5.11 Å². The van der Waals surface area contributed by atoms with Gasteiger partial charge in [-0.2, -0.15) is 21.6 Å². The lowest BCUT2D eigenvalue weighted by Crippen LogP contribution is -2.27. The number of pyridine rings is 2. The Morgan fingerprint density at radius 2 is 1.82 bits per heavy atom. The molecule has 0 fully saturated rings. The predicted molar refractivity (Wildman–Crippen MR) is 136 cm³/mol. The zero-order valence-corrected chi connectivity index (χ0v) is 21.3. The lowest BCUT2D eigenvalue weighted by atomic mass is 9.96. The van der Waals surface area contributed by atoms with Crippen LogP contribution in [0, 0.1) is 5.82 Å². The first kappa shape index (κ1) is 27.8. The summed E-state index contributed by atoms with van der Waals surface area (Å²) in [5.41, 5.74) is -1.18. The minimum absolute atomic E-state index is 0.0313. The number of aliphatic hydroxyl groups is 1. The van der Waals surface area contributed by atoms with Crippen LogP contribution in [-0.2, 0) is 22.6 Å². The number of rotatable bonds is 4. The number of alkyl halides is 3. The Bertz CT molecular complexity index is 1380. The van der Waals surface area contributed by atoms with E-state index in [9.17, 15) is 26.0 Å². The molecule has 4 rings (SSSR count). The average Bonchev–Trinajstić information content (AvgIpc) is 2.87. The maximum absolute atomic E-state index is 14.2. The van der Waals surface area contributed by atoms with Gasteiger partial charge in [0.2, 0.25) is 0 Å². The highest BCUT2D eigenvalue weighted by molar-refractivity contribution is 7.92. The van der Waals surface area contributed by atoms with Gasteiger partial charge in [-0.15, -0.1) is 0 Å². The van der Waals surface area contributed by atoms with Gasteiger partial charge in [0, 0.05) is 25.3 Å². The van der Waals surface area contributed by atoms with Crippen LogP contribution >= 0.6 is 0 Å². The van der Waals surface area contributed by atoms with Gasteiger partial charge in [0.1, 0.15) is 17.5 Å². The highest BCUT2D eigenvalue weighted by atomic mass is 32.2. The lowest BCUT2D eigenvalue weighted by Gasteiger charge is -2.24. The van der Waals surface area contributed by atoms with Crippen LogP contribution in [0.3, 0.4) is 0 Å². The van der Waals surface area contributed by atoms with E-state index in [1.165, 1.54) is 18.2 Å². The van der Waals surface area contributed by atoms with E-state index < -0.39 is 33.3 Å². The first-order chi connectivity index (χ1) is 18.1. The fourth-order valence-electron chi connectivity index (χ4n) is 4.41. The zero-order chi connectivity index (χ0) is 27.3. The molecule has 1 aliphatic heterocycles. The van der Waals surface area contributed by atoms with Crippen LogP contribution in [0.5, 0.6) is 0 Å². The van der Waals surface area contributed by atoms with Crippen molar-refractivity contribution in [3.63, 3.8) is 0 Å². The Morgan fingerprint density at radius 1 is 1.00 bits per heavy atom. The molecule has 38 heavy (non-hydrogen) atoms. The number of hydrogen-bond donors (Lipinski definition) is 2. The fourth-order valence-corrected chi connectivity index (χ4v) is 5.37. The third kappa shape index (κ3) is 6.60. The van der Waals surface area contributed by atoms with Crippen LogP contribution in [0.25, 0.3) is 11.3 Å². The average molecular weight is 553 g/mol. The number of hydrogen-bond acceptors (Lipinski definition) is 6. The summed E-state index contributed by atoms with van der Waals surface area (Å²) < 4.78 is 84.5. The van der Waals surface area contributed by atoms with Gasteiger partial charge < -0.3 is 10.0 Å². The fraction of sp³-hybridized carbons (Fsp3) is 0.385. The lowest BCUT2D eigenvalue weighted by molar-refractivity contribution is -0.137. The third-order valence-electron chi connectivity index (χ3n) is 6.29. The molecule has 2 aromatic heterocycles. The Kier molecular flexibility index (Phi) is 8.51. The molecule has 4 bridgehead atoms. The molecule has 12 heteroatoms. The largest absolute Gasteiger partial charge is 0.418 e. The first-order valence-corrected chi connectivity index (χ1v) is 13.8. The molecule has 0 aliphatic carbocycles. The highest BCUT2D eigenvalue weighted by Gasteiger charge is 2.35. The number of anilines is 2. The molecule has 0 saturated carbocycles. The zero-order valence-electron chi connectivity index (χ0n) is 20.5. The minimum Gasteiger partial charge on any atom is -0.396 e. The molecule has 0 atom stereocenters. The SMILES string of the molecule is O=S1(=O)Nc2ccc(C(F)(F)F)c(n2)-c2cc(F)ccc2CCCCCN(CCCCO)c2cccc1n2. The topological polar surface area (TPSA) is 95.4 Å². The Morgan fingerprint density at radius 3 is 2.58 bits per heavy atom. The number of unbranched alkanes of at least 4 members (excludes halogenated alkanes) is 1. The van der Waals surface area contributed by atoms with Crippen LogP contribution in [0.15, 0.2) is 53.6 Å². The summed E-state index contributed by atoms with van der Waals surface area (Å²) in [4.78, 5) is 10.3. The second-order valence-corrected chi connectivity index (χ2v) is 10.7. The van der Waals surface area contributed by atoms with E-state index in [-0.39, 0.29) is 23.0 Å². The molecule has 1 aromatic carbocycles. The monoisotopic (exact) mass is 552 g/mol. The summed E-state index contributed by atoms with van der Waals surface area (Å²) in [6.07, 6.45) is -1.04. The second kappa shape index (κ2) is 11.6. The quantitative estimate of drug-likeness (QED) is 0.332. The van der Waals surface area contributed by atoms with E-state index in [1.54, 1.807) is 12.1 Å². The van der Waals surface area contributed by atoms with E-state index in [0.29, 0.717) is 56.6 Å². The molecule has 0 unspecified atom stereocenters. The van der Waals surface area contributed by atoms with Crippen LogP contribution in [-0.4, -0.2) is 43.2 Å². The number of aromatic nitrogens is 2. The predicted octanol–water partition coefficient (Wildman–Crippen LogP) is 5.41. The Labute approximate surface area is 218 Å². The molecule has 3 aromatic rings. The smallest absolute Gasteiger partial charge is 0.396 e. The molecule has 204 valence electrons. The summed E-state index contributed by atoms with van der Waals surface area (Å²) in [7, 11) is -4.31. The van der Waals surface area contributed by atoms with Crippen molar-refractivity contribution in [1.29, 1.82) is 0 Å². The highest BCUT2D eigenvalue weighted by Crippen LogP contribution is 2.39. The summed E-state index contributed by atoms with van der Waals surface area (Å²) in [6.45, 7) is 1.18. The van der Waals surface area contributed by atoms with Crippen molar-refractivity contribution in [2.75, 3.05) is 29.3 Å². The first-order valence-electron chi connectivity index (χ1n) is 12.3. The number of benzene rings is 1. The molecule has 2 N–H and O–H groups in total. The van der Waals surface area contributed by atoms with Crippen molar-refractivity contribution < 1.29 is 31.1 Å². The van der Waals surface area contributed by atoms with Crippen molar-refractivity contribution in [1.82, 2.24) is 9.97 Å². The van der Waals surface area contributed by atoms with Gasteiger partial charge in [-0.1, -0.05) is 18.6 Å². The third-order valence-corrected chi connectivity index (χ3v) is 7.54. The van der Waals surface area contributed by atoms with Gasteiger partial charge in [0.25, 0.3) is 10.0 Å². The summed E-state index contributed by atoms with van der Waals surface area (Å²) in [5.74, 6) is -0.624. The van der Waals surface area contributed by atoms with Crippen molar-refractivity contribution in [2.45, 2.75) is 49.7 Å². The number of nitrogens with zero attached hydrogens (tertiary/aromatic N) is 3. The molecule has 1 aliphatic rings. The summed E-state index contributed by atoms with van der Waals surface area (Å²) in [6, 6.07) is 9.84. The molecule has 0 amide bonds. The molecular weight excluding hydrogens is 524 g/mol. The van der Waals surface area contributed by atoms with Crippen LogP contribution in [0.2, 0.25) is 0 Å². The summed E-state index contributed by atoms with van der Waals surface area (Å²) in [5, 5.41) is 8.85. The molecule has 0 radical (unpaired) electrons. The van der Waals surface area contributed by atoms with E-state index in [0.717, 1.165) is 24.6 Å². The van der Waals surface area contributed by atoms with Gasteiger partial charge >= 0.3 is 6.18 Å².